The van der Waals surface area contributed by atoms with Crippen LogP contribution in [0.2, 0.25) is 0 Å². The molecule has 0 saturated heterocycles. The fourth-order valence-electron chi connectivity index (χ4n) is 1.55. The predicted molar refractivity (Wildman–Crippen MR) is 60.0 cm³/mol. The van der Waals surface area contributed by atoms with Gasteiger partial charge in [-0.25, -0.2) is 4.98 Å². The first-order valence-corrected chi connectivity index (χ1v) is 4.83. The maximum absolute atomic E-state index is 11.7. The Morgan fingerprint density at radius 2 is 2.06 bits per heavy atom. The topological polar surface area (TPSA) is 52.0 Å². The van der Waals surface area contributed by atoms with Crippen molar-refractivity contribution in [3.63, 3.8) is 0 Å². The van der Waals surface area contributed by atoms with E-state index in [1.165, 1.54) is 16.7 Å². The molecule has 0 aromatic carbocycles. The van der Waals surface area contributed by atoms with Gasteiger partial charge in [-0.1, -0.05) is 6.07 Å². The van der Waals surface area contributed by atoms with E-state index in [-0.39, 0.29) is 5.56 Å². The number of aromatic nitrogens is 2. The van der Waals surface area contributed by atoms with Gasteiger partial charge in [0.05, 0.1) is 0 Å². The number of carbonyl (C=O) groups excluding carboxylic acids is 1. The third-order valence-electron chi connectivity index (χ3n) is 2.38. The van der Waals surface area contributed by atoms with Crippen LogP contribution in [0, 0.1) is 6.92 Å². The van der Waals surface area contributed by atoms with Gasteiger partial charge in [0.25, 0.3) is 5.56 Å². The lowest BCUT2D eigenvalue weighted by molar-refractivity contribution is 0.112. The maximum Gasteiger partial charge on any atom is 0.256 e. The number of hydrogen-bond acceptors (Lipinski definition) is 3. The zero-order valence-electron chi connectivity index (χ0n) is 8.75. The molecule has 2 aromatic heterocycles. The second kappa shape index (κ2) is 4.10. The van der Waals surface area contributed by atoms with Gasteiger partial charge in [0, 0.05) is 23.5 Å². The highest BCUT2D eigenvalue weighted by atomic mass is 16.1. The molecule has 16 heavy (non-hydrogen) atoms. The summed E-state index contributed by atoms with van der Waals surface area (Å²) in [6, 6.07) is 8.17. The lowest BCUT2D eigenvalue weighted by atomic mass is 10.2. The Bertz CT molecular complexity index is 573. The third-order valence-corrected chi connectivity index (χ3v) is 2.38. The van der Waals surface area contributed by atoms with Crippen LogP contribution in [-0.4, -0.2) is 15.8 Å². The molecule has 2 aromatic rings. The van der Waals surface area contributed by atoms with Gasteiger partial charge in [-0.15, -0.1) is 0 Å². The molecule has 0 aliphatic heterocycles. The number of aldehydes is 1. The highest BCUT2D eigenvalue weighted by molar-refractivity contribution is 5.76. The van der Waals surface area contributed by atoms with Crippen molar-refractivity contribution >= 4 is 6.29 Å². The first kappa shape index (κ1) is 10.3. The van der Waals surface area contributed by atoms with Gasteiger partial charge in [0.2, 0.25) is 0 Å². The molecule has 0 atom stereocenters. The monoisotopic (exact) mass is 214 g/mol. The van der Waals surface area contributed by atoms with Gasteiger partial charge in [0.15, 0.2) is 6.29 Å². The minimum atomic E-state index is -0.193. The number of carbonyl (C=O) groups is 1. The molecule has 2 rings (SSSR count). The van der Waals surface area contributed by atoms with Crippen molar-refractivity contribution in [2.75, 3.05) is 0 Å². The van der Waals surface area contributed by atoms with Crippen LogP contribution >= 0.6 is 0 Å². The SMILES string of the molecule is Cc1c(C=O)ccc(=O)n1-c1ccccn1. The Hall–Kier alpha value is -2.23. The summed E-state index contributed by atoms with van der Waals surface area (Å²) in [7, 11) is 0. The van der Waals surface area contributed by atoms with Crippen LogP contribution in [0.1, 0.15) is 16.1 Å². The van der Waals surface area contributed by atoms with Crippen LogP contribution in [0.3, 0.4) is 0 Å². The Morgan fingerprint density at radius 3 is 2.69 bits per heavy atom. The van der Waals surface area contributed by atoms with Crippen molar-refractivity contribution in [1.82, 2.24) is 9.55 Å². The molecule has 0 unspecified atom stereocenters. The molecule has 0 amide bonds. The smallest absolute Gasteiger partial charge is 0.256 e. The number of pyridine rings is 2. The van der Waals surface area contributed by atoms with Crippen LogP contribution in [0.25, 0.3) is 5.82 Å². The summed E-state index contributed by atoms with van der Waals surface area (Å²) >= 11 is 0. The van der Waals surface area contributed by atoms with E-state index in [0.717, 1.165) is 6.29 Å². The molecule has 4 heteroatoms. The lowest BCUT2D eigenvalue weighted by Gasteiger charge is -2.09. The van der Waals surface area contributed by atoms with E-state index in [9.17, 15) is 9.59 Å². The van der Waals surface area contributed by atoms with Crippen molar-refractivity contribution in [3.05, 3.63) is 58.1 Å². The Labute approximate surface area is 92.2 Å². The molecule has 0 aliphatic rings. The second-order valence-electron chi connectivity index (χ2n) is 3.35. The summed E-state index contributed by atoms with van der Waals surface area (Å²) in [6.45, 7) is 1.72. The van der Waals surface area contributed by atoms with E-state index in [0.29, 0.717) is 17.1 Å². The zero-order chi connectivity index (χ0) is 11.5. The van der Waals surface area contributed by atoms with E-state index >= 15 is 0 Å². The number of rotatable bonds is 2. The normalized spacial score (nSPS) is 10.1. The van der Waals surface area contributed by atoms with Gasteiger partial charge in [-0.05, 0) is 25.1 Å². The van der Waals surface area contributed by atoms with Crippen LogP contribution < -0.4 is 5.56 Å². The first-order valence-electron chi connectivity index (χ1n) is 4.83. The van der Waals surface area contributed by atoms with Crippen molar-refractivity contribution in [1.29, 1.82) is 0 Å². The molecule has 0 fully saturated rings. The fraction of sp³-hybridized carbons (Fsp3) is 0.0833. The Kier molecular flexibility index (Phi) is 2.64. The molecule has 0 spiro atoms. The van der Waals surface area contributed by atoms with E-state index in [4.69, 9.17) is 0 Å². The fourth-order valence-corrected chi connectivity index (χ4v) is 1.55. The van der Waals surface area contributed by atoms with E-state index in [1.807, 2.05) is 0 Å². The molecule has 0 bridgehead atoms. The molecule has 4 nitrogen and oxygen atoms in total. The summed E-state index contributed by atoms with van der Waals surface area (Å²) in [5.74, 6) is 0.522. The highest BCUT2D eigenvalue weighted by Crippen LogP contribution is 2.07. The molecule has 0 aliphatic carbocycles. The van der Waals surface area contributed by atoms with Crippen molar-refractivity contribution in [2.45, 2.75) is 6.92 Å². The minimum Gasteiger partial charge on any atom is -0.298 e. The van der Waals surface area contributed by atoms with Gasteiger partial charge >= 0.3 is 0 Å². The number of hydrogen-bond donors (Lipinski definition) is 0. The molecule has 0 N–H and O–H groups in total. The van der Waals surface area contributed by atoms with E-state index in [2.05, 4.69) is 4.98 Å². The van der Waals surface area contributed by atoms with Gasteiger partial charge in [-0.3, -0.25) is 14.2 Å². The third kappa shape index (κ3) is 1.65. The maximum atomic E-state index is 11.7. The molecular weight excluding hydrogens is 204 g/mol. The van der Waals surface area contributed by atoms with E-state index in [1.54, 1.807) is 31.3 Å². The highest BCUT2D eigenvalue weighted by Gasteiger charge is 2.07. The van der Waals surface area contributed by atoms with Crippen LogP contribution in [0.5, 0.6) is 0 Å². The zero-order valence-corrected chi connectivity index (χ0v) is 8.75. The minimum absolute atomic E-state index is 0.193. The summed E-state index contributed by atoms with van der Waals surface area (Å²) in [4.78, 5) is 26.6. The Balaban J connectivity index is 2.74. The lowest BCUT2D eigenvalue weighted by Crippen LogP contribution is -2.21. The van der Waals surface area contributed by atoms with E-state index < -0.39 is 0 Å². The average Bonchev–Trinajstić information content (AvgIpc) is 2.31. The van der Waals surface area contributed by atoms with Crippen LogP contribution in [0.4, 0.5) is 0 Å². The standard InChI is InChI=1S/C12H10N2O2/c1-9-10(8-15)5-6-12(16)14(9)11-4-2-3-7-13-11/h2-8H,1H3. The summed E-state index contributed by atoms with van der Waals surface area (Å²) in [5, 5.41) is 0. The van der Waals surface area contributed by atoms with Crippen molar-refractivity contribution < 1.29 is 4.79 Å². The van der Waals surface area contributed by atoms with Gasteiger partial charge < -0.3 is 0 Å². The summed E-state index contributed by atoms with van der Waals surface area (Å²) < 4.78 is 1.42. The second-order valence-corrected chi connectivity index (χ2v) is 3.35. The van der Waals surface area contributed by atoms with Gasteiger partial charge in [0.1, 0.15) is 5.82 Å². The quantitative estimate of drug-likeness (QED) is 0.709. The largest absolute Gasteiger partial charge is 0.298 e. The van der Waals surface area contributed by atoms with Gasteiger partial charge in [-0.2, -0.15) is 0 Å². The summed E-state index contributed by atoms with van der Waals surface area (Å²) in [6.07, 6.45) is 2.34. The summed E-state index contributed by atoms with van der Waals surface area (Å²) in [5.41, 5.74) is 0.897. The molecular formula is C12H10N2O2. The molecule has 0 saturated carbocycles. The number of nitrogens with zero attached hydrogens (tertiary/aromatic N) is 2. The van der Waals surface area contributed by atoms with Crippen LogP contribution in [0.15, 0.2) is 41.3 Å². The average molecular weight is 214 g/mol. The van der Waals surface area contributed by atoms with Crippen molar-refractivity contribution in [2.24, 2.45) is 0 Å². The predicted octanol–water partition coefficient (Wildman–Crippen LogP) is 1.35. The molecule has 80 valence electrons. The Morgan fingerprint density at radius 1 is 1.25 bits per heavy atom. The molecule has 2 heterocycles. The first-order chi connectivity index (χ1) is 7.74. The van der Waals surface area contributed by atoms with Crippen molar-refractivity contribution in [3.8, 4) is 5.82 Å². The van der Waals surface area contributed by atoms with Crippen LogP contribution in [-0.2, 0) is 0 Å². The molecule has 0 radical (unpaired) electrons.